The third kappa shape index (κ3) is 4.27. The van der Waals surface area contributed by atoms with Crippen LogP contribution in [0, 0.1) is 25.6 Å². The van der Waals surface area contributed by atoms with Crippen LogP contribution in [0.5, 0.6) is 0 Å². The second kappa shape index (κ2) is 8.99. The molecule has 0 saturated carbocycles. The number of carbonyl (C=O) groups excluding carboxylic acids is 1. The van der Waals surface area contributed by atoms with Crippen molar-refractivity contribution in [3.63, 3.8) is 0 Å². The number of aromatic nitrogens is 2. The normalized spacial score (nSPS) is 15.6. The van der Waals surface area contributed by atoms with Gasteiger partial charge < -0.3 is 9.88 Å². The lowest BCUT2D eigenvalue weighted by Crippen LogP contribution is -2.41. The molecule has 5 rings (SSSR count). The maximum absolute atomic E-state index is 13.9. The van der Waals surface area contributed by atoms with Crippen molar-refractivity contribution in [2.45, 2.75) is 59.5 Å². The number of aryl methyl sites for hydroxylation is 2. The van der Waals surface area contributed by atoms with Gasteiger partial charge in [0.05, 0.1) is 5.69 Å². The predicted molar refractivity (Wildman–Crippen MR) is 137 cm³/mol. The highest BCUT2D eigenvalue weighted by Gasteiger charge is 2.27. The van der Waals surface area contributed by atoms with Gasteiger partial charge in [0.2, 0.25) is 5.91 Å². The minimum absolute atomic E-state index is 0.0290. The smallest absolute Gasteiger partial charge is 0.222 e. The Morgan fingerprint density at radius 2 is 2.06 bits per heavy atom. The molecule has 0 fully saturated rings. The van der Waals surface area contributed by atoms with Crippen molar-refractivity contribution in [2.24, 2.45) is 5.92 Å². The molecule has 0 radical (unpaired) electrons. The van der Waals surface area contributed by atoms with Crippen LogP contribution in [0.3, 0.4) is 0 Å². The number of halogens is 1. The molecule has 1 aliphatic carbocycles. The summed E-state index contributed by atoms with van der Waals surface area (Å²) in [5.74, 6) is -0.138. The van der Waals surface area contributed by atoms with Gasteiger partial charge >= 0.3 is 0 Å². The molecule has 0 bridgehead atoms. The Labute approximate surface area is 203 Å². The molecular formula is C28H30FN3OS. The highest BCUT2D eigenvalue weighted by molar-refractivity contribution is 7.15. The van der Waals surface area contributed by atoms with E-state index in [1.54, 1.807) is 23.5 Å². The summed E-state index contributed by atoms with van der Waals surface area (Å²) in [6.07, 6.45) is 2.59. The van der Waals surface area contributed by atoms with Crippen LogP contribution in [0.15, 0.2) is 42.5 Å². The van der Waals surface area contributed by atoms with Crippen molar-refractivity contribution < 1.29 is 9.18 Å². The highest BCUT2D eigenvalue weighted by atomic mass is 32.1. The average molecular weight is 476 g/mol. The second-order valence-corrected chi connectivity index (χ2v) is 10.8. The fraction of sp³-hybridized carbons (Fsp3) is 0.357. The van der Waals surface area contributed by atoms with Crippen LogP contribution >= 0.6 is 11.3 Å². The maximum Gasteiger partial charge on any atom is 0.222 e. The number of carbonyl (C=O) groups is 1. The van der Waals surface area contributed by atoms with Crippen LogP contribution < -0.4 is 5.32 Å². The standard InChI is InChI=1S/C28H30FN3OS/c1-16(2)27(33)31-22-9-11-26-24(14-22)23-13-20(28-30-17(3)18(4)34-28)8-10-25(23)32(26)15-19-6-5-7-21(29)12-19/h5-8,10,12-13,16,22H,9,11,14-15H2,1-4H3,(H,31,33)/t22-/m1/s1. The molecule has 6 heteroatoms. The van der Waals surface area contributed by atoms with Crippen molar-refractivity contribution in [1.29, 1.82) is 0 Å². The first-order valence-electron chi connectivity index (χ1n) is 11.9. The summed E-state index contributed by atoms with van der Waals surface area (Å²) < 4.78 is 16.2. The minimum atomic E-state index is -0.212. The molecular weight excluding hydrogens is 445 g/mol. The van der Waals surface area contributed by atoms with E-state index in [0.717, 1.165) is 46.6 Å². The van der Waals surface area contributed by atoms with Gasteiger partial charge in [0.1, 0.15) is 10.8 Å². The lowest BCUT2D eigenvalue weighted by atomic mass is 9.90. The largest absolute Gasteiger partial charge is 0.353 e. The Kier molecular flexibility index (Phi) is 6.02. The van der Waals surface area contributed by atoms with E-state index in [9.17, 15) is 9.18 Å². The molecule has 2 heterocycles. The van der Waals surface area contributed by atoms with Crippen LogP contribution in [0.4, 0.5) is 4.39 Å². The summed E-state index contributed by atoms with van der Waals surface area (Å²) in [4.78, 5) is 18.4. The minimum Gasteiger partial charge on any atom is -0.353 e. The Hall–Kier alpha value is -2.99. The third-order valence-electron chi connectivity index (χ3n) is 6.84. The number of nitrogens with one attached hydrogen (secondary N) is 1. The predicted octanol–water partition coefficient (Wildman–Crippen LogP) is 6.20. The van der Waals surface area contributed by atoms with Gasteiger partial charge in [-0.3, -0.25) is 4.79 Å². The number of nitrogens with zero attached hydrogens (tertiary/aromatic N) is 2. The zero-order valence-corrected chi connectivity index (χ0v) is 20.9. The van der Waals surface area contributed by atoms with Gasteiger partial charge in [-0.05, 0) is 74.6 Å². The van der Waals surface area contributed by atoms with Crippen LogP contribution in [-0.4, -0.2) is 21.5 Å². The summed E-state index contributed by atoms with van der Waals surface area (Å²) >= 11 is 1.72. The molecule has 2 aromatic heterocycles. The molecule has 4 aromatic rings. The molecule has 34 heavy (non-hydrogen) atoms. The zero-order chi connectivity index (χ0) is 24.0. The van der Waals surface area contributed by atoms with E-state index >= 15 is 0 Å². The van der Waals surface area contributed by atoms with Gasteiger partial charge in [0, 0.05) is 45.5 Å². The lowest BCUT2D eigenvalue weighted by molar-refractivity contribution is -0.124. The molecule has 0 unspecified atom stereocenters. The molecule has 0 spiro atoms. The Morgan fingerprint density at radius 3 is 2.76 bits per heavy atom. The molecule has 176 valence electrons. The maximum atomic E-state index is 13.9. The molecule has 1 N–H and O–H groups in total. The molecule has 1 amide bonds. The first-order chi connectivity index (χ1) is 16.3. The van der Waals surface area contributed by atoms with E-state index in [-0.39, 0.29) is 23.7 Å². The number of hydrogen-bond acceptors (Lipinski definition) is 3. The van der Waals surface area contributed by atoms with Gasteiger partial charge in [-0.15, -0.1) is 11.3 Å². The monoisotopic (exact) mass is 475 g/mol. The Balaban J connectivity index is 1.60. The number of hydrogen-bond donors (Lipinski definition) is 1. The van der Waals surface area contributed by atoms with E-state index in [1.807, 2.05) is 26.8 Å². The lowest BCUT2D eigenvalue weighted by Gasteiger charge is -2.26. The van der Waals surface area contributed by atoms with Crippen LogP contribution in [-0.2, 0) is 24.2 Å². The van der Waals surface area contributed by atoms with Crippen molar-refractivity contribution in [2.75, 3.05) is 0 Å². The van der Waals surface area contributed by atoms with Gasteiger partial charge in [0.25, 0.3) is 0 Å². The Morgan fingerprint density at radius 1 is 1.24 bits per heavy atom. The van der Waals surface area contributed by atoms with E-state index in [0.29, 0.717) is 6.54 Å². The summed E-state index contributed by atoms with van der Waals surface area (Å²) in [6.45, 7) is 8.64. The molecule has 0 aliphatic heterocycles. The second-order valence-electron chi connectivity index (χ2n) is 9.64. The SMILES string of the molecule is Cc1nc(-c2ccc3c(c2)c2c(n3Cc3cccc(F)c3)CC[C@@H](NC(=O)C(C)C)C2)sc1C. The first kappa shape index (κ1) is 22.8. The zero-order valence-electron chi connectivity index (χ0n) is 20.1. The molecule has 4 nitrogen and oxygen atoms in total. The van der Waals surface area contributed by atoms with Crippen LogP contribution in [0.1, 0.15) is 47.7 Å². The first-order valence-corrected chi connectivity index (χ1v) is 12.7. The Bertz CT molecular complexity index is 1360. The van der Waals surface area contributed by atoms with E-state index < -0.39 is 0 Å². The summed E-state index contributed by atoms with van der Waals surface area (Å²) in [5, 5.41) is 5.48. The molecule has 1 atom stereocenters. The highest BCUT2D eigenvalue weighted by Crippen LogP contribution is 2.37. The van der Waals surface area contributed by atoms with Gasteiger partial charge in [-0.1, -0.05) is 26.0 Å². The third-order valence-corrected chi connectivity index (χ3v) is 7.96. The van der Waals surface area contributed by atoms with Crippen molar-refractivity contribution in [1.82, 2.24) is 14.9 Å². The number of benzene rings is 2. The number of rotatable bonds is 5. The van der Waals surface area contributed by atoms with Gasteiger partial charge in [-0.2, -0.15) is 0 Å². The van der Waals surface area contributed by atoms with E-state index in [4.69, 9.17) is 4.98 Å². The average Bonchev–Trinajstić information content (AvgIpc) is 3.30. The van der Waals surface area contributed by atoms with Crippen molar-refractivity contribution >= 4 is 28.1 Å². The van der Waals surface area contributed by atoms with Crippen molar-refractivity contribution in [3.05, 3.63) is 75.7 Å². The fourth-order valence-electron chi connectivity index (χ4n) is 4.87. The van der Waals surface area contributed by atoms with E-state index in [1.165, 1.54) is 27.6 Å². The fourth-order valence-corrected chi connectivity index (χ4v) is 5.78. The van der Waals surface area contributed by atoms with E-state index in [2.05, 4.69) is 35.0 Å². The number of thiazole rings is 1. The quantitative estimate of drug-likeness (QED) is 0.374. The molecule has 1 aliphatic rings. The number of amides is 1. The van der Waals surface area contributed by atoms with Gasteiger partial charge in [0.15, 0.2) is 0 Å². The summed E-state index contributed by atoms with van der Waals surface area (Å²) in [7, 11) is 0. The van der Waals surface area contributed by atoms with Gasteiger partial charge in [-0.25, -0.2) is 9.37 Å². The topological polar surface area (TPSA) is 46.9 Å². The molecule has 0 saturated heterocycles. The van der Waals surface area contributed by atoms with Crippen LogP contribution in [0.2, 0.25) is 0 Å². The van der Waals surface area contributed by atoms with Crippen molar-refractivity contribution in [3.8, 4) is 10.6 Å². The summed E-state index contributed by atoms with van der Waals surface area (Å²) in [6, 6.07) is 13.5. The number of fused-ring (bicyclic) bond motifs is 3. The van der Waals surface area contributed by atoms with Crippen LogP contribution in [0.25, 0.3) is 21.5 Å². The molecule has 2 aromatic carbocycles. The summed E-state index contributed by atoms with van der Waals surface area (Å²) in [5.41, 5.74) is 6.87.